The van der Waals surface area contributed by atoms with Gasteiger partial charge in [-0.05, 0) is 30.6 Å². The maximum Gasteiger partial charge on any atom is 0.192 e. The minimum absolute atomic E-state index is 0.223. The molecule has 0 N–H and O–H groups in total. The molecule has 1 aliphatic carbocycles. The van der Waals surface area contributed by atoms with Crippen LogP contribution in [0.5, 0.6) is 0 Å². The molecule has 1 aliphatic rings. The lowest BCUT2D eigenvalue weighted by molar-refractivity contribution is 0.0545. The van der Waals surface area contributed by atoms with Gasteiger partial charge in [0, 0.05) is 13.0 Å². The second-order valence-electron chi connectivity index (χ2n) is 6.77. The van der Waals surface area contributed by atoms with Crippen molar-refractivity contribution in [2.75, 3.05) is 7.11 Å². The second kappa shape index (κ2) is 4.86. The van der Waals surface area contributed by atoms with E-state index in [4.69, 9.17) is 9.16 Å². The fourth-order valence-corrected chi connectivity index (χ4v) is 3.47. The minimum atomic E-state index is -1.68. The summed E-state index contributed by atoms with van der Waals surface area (Å²) >= 11 is 0. The molecule has 100 valence electrons. The SMILES string of the molecule is CO[C@@H]1C(C)=C[C@@H](O[Si](C)(C)C(C)(C)C)[C@@H]1C. The molecule has 0 amide bonds. The Kier molecular flexibility index (Phi) is 4.27. The third-order valence-corrected chi connectivity index (χ3v) is 8.84. The second-order valence-corrected chi connectivity index (χ2v) is 11.5. The van der Waals surface area contributed by atoms with Crippen LogP contribution in [0.3, 0.4) is 0 Å². The monoisotopic (exact) mass is 256 g/mol. The van der Waals surface area contributed by atoms with Crippen molar-refractivity contribution in [1.29, 1.82) is 0 Å². The number of hydrogen-bond donors (Lipinski definition) is 0. The molecular formula is C14H28O2Si. The van der Waals surface area contributed by atoms with Crippen LogP contribution in [0, 0.1) is 5.92 Å². The average molecular weight is 256 g/mol. The van der Waals surface area contributed by atoms with Crippen LogP contribution < -0.4 is 0 Å². The quantitative estimate of drug-likeness (QED) is 0.561. The highest BCUT2D eigenvalue weighted by molar-refractivity contribution is 6.74. The molecule has 0 aliphatic heterocycles. The van der Waals surface area contributed by atoms with Gasteiger partial charge in [0.15, 0.2) is 8.32 Å². The lowest BCUT2D eigenvalue weighted by Crippen LogP contribution is -2.45. The van der Waals surface area contributed by atoms with Gasteiger partial charge in [0.1, 0.15) is 0 Å². The fourth-order valence-electron chi connectivity index (χ4n) is 2.15. The molecular weight excluding hydrogens is 228 g/mol. The van der Waals surface area contributed by atoms with Crippen LogP contribution in [-0.4, -0.2) is 27.6 Å². The average Bonchev–Trinajstić information content (AvgIpc) is 2.39. The van der Waals surface area contributed by atoms with Gasteiger partial charge in [-0.25, -0.2) is 0 Å². The summed E-state index contributed by atoms with van der Waals surface area (Å²) in [6.07, 6.45) is 2.70. The molecule has 0 aromatic heterocycles. The Balaban J connectivity index is 2.78. The van der Waals surface area contributed by atoms with Gasteiger partial charge in [0.05, 0.1) is 12.2 Å². The molecule has 0 aromatic carbocycles. The molecule has 0 radical (unpaired) electrons. The van der Waals surface area contributed by atoms with Gasteiger partial charge in [-0.1, -0.05) is 33.8 Å². The van der Waals surface area contributed by atoms with E-state index in [1.165, 1.54) is 5.57 Å². The number of methoxy groups -OCH3 is 1. The Labute approximate surface area is 108 Å². The van der Waals surface area contributed by atoms with Crippen LogP contribution in [-0.2, 0) is 9.16 Å². The van der Waals surface area contributed by atoms with Crippen molar-refractivity contribution in [3.8, 4) is 0 Å². The highest BCUT2D eigenvalue weighted by Gasteiger charge is 2.42. The molecule has 0 saturated carbocycles. The summed E-state index contributed by atoms with van der Waals surface area (Å²) in [7, 11) is 0.101. The lowest BCUT2D eigenvalue weighted by Gasteiger charge is -2.39. The van der Waals surface area contributed by atoms with Gasteiger partial charge in [0.2, 0.25) is 0 Å². The lowest BCUT2D eigenvalue weighted by atomic mass is 10.0. The molecule has 3 atom stereocenters. The third kappa shape index (κ3) is 3.01. The van der Waals surface area contributed by atoms with Crippen molar-refractivity contribution in [2.24, 2.45) is 5.92 Å². The van der Waals surface area contributed by atoms with Crippen molar-refractivity contribution in [3.05, 3.63) is 11.6 Å². The first-order chi connectivity index (χ1) is 7.60. The Morgan fingerprint density at radius 1 is 1.24 bits per heavy atom. The van der Waals surface area contributed by atoms with Crippen molar-refractivity contribution in [1.82, 2.24) is 0 Å². The van der Waals surface area contributed by atoms with Gasteiger partial charge in [-0.3, -0.25) is 0 Å². The summed E-state index contributed by atoms with van der Waals surface area (Å²) in [6.45, 7) is 15.8. The fraction of sp³-hybridized carbons (Fsp3) is 0.857. The number of rotatable bonds is 3. The molecule has 3 heteroatoms. The Hall–Kier alpha value is -0.123. The van der Waals surface area contributed by atoms with Crippen LogP contribution in [0.2, 0.25) is 18.1 Å². The molecule has 17 heavy (non-hydrogen) atoms. The predicted molar refractivity (Wildman–Crippen MR) is 75.8 cm³/mol. The van der Waals surface area contributed by atoms with Gasteiger partial charge in [-0.2, -0.15) is 0 Å². The smallest absolute Gasteiger partial charge is 0.192 e. The predicted octanol–water partition coefficient (Wildman–Crippen LogP) is 3.99. The van der Waals surface area contributed by atoms with Crippen molar-refractivity contribution in [3.63, 3.8) is 0 Å². The molecule has 2 nitrogen and oxygen atoms in total. The topological polar surface area (TPSA) is 18.5 Å². The van der Waals surface area contributed by atoms with E-state index >= 15 is 0 Å². The number of ether oxygens (including phenoxy) is 1. The zero-order chi connectivity index (χ0) is 13.4. The Morgan fingerprint density at radius 2 is 1.76 bits per heavy atom. The van der Waals surface area contributed by atoms with Crippen molar-refractivity contribution < 1.29 is 9.16 Å². The molecule has 0 spiro atoms. The van der Waals surface area contributed by atoms with Crippen LogP contribution in [0.15, 0.2) is 11.6 Å². The van der Waals surface area contributed by atoms with E-state index in [1.807, 2.05) is 0 Å². The molecule has 0 unspecified atom stereocenters. The van der Waals surface area contributed by atoms with Crippen molar-refractivity contribution >= 4 is 8.32 Å². The van der Waals surface area contributed by atoms with Gasteiger partial charge < -0.3 is 9.16 Å². The van der Waals surface area contributed by atoms with E-state index in [2.05, 4.69) is 53.8 Å². The Bertz CT molecular complexity index is 302. The zero-order valence-electron chi connectivity index (χ0n) is 12.6. The first kappa shape index (κ1) is 14.9. The van der Waals surface area contributed by atoms with E-state index in [0.717, 1.165) is 0 Å². The van der Waals surface area contributed by atoms with Gasteiger partial charge in [-0.15, -0.1) is 0 Å². The molecule has 0 saturated heterocycles. The zero-order valence-corrected chi connectivity index (χ0v) is 13.6. The number of hydrogen-bond acceptors (Lipinski definition) is 2. The maximum absolute atomic E-state index is 6.46. The largest absolute Gasteiger partial charge is 0.410 e. The van der Waals surface area contributed by atoms with E-state index in [1.54, 1.807) is 7.11 Å². The first-order valence-corrected chi connectivity index (χ1v) is 9.40. The summed E-state index contributed by atoms with van der Waals surface area (Å²) in [5.41, 5.74) is 1.31. The third-order valence-electron chi connectivity index (χ3n) is 4.36. The summed E-state index contributed by atoms with van der Waals surface area (Å²) in [6, 6.07) is 0. The summed E-state index contributed by atoms with van der Waals surface area (Å²) in [5.74, 6) is 0.425. The van der Waals surface area contributed by atoms with Crippen LogP contribution in [0.4, 0.5) is 0 Å². The van der Waals surface area contributed by atoms with E-state index in [9.17, 15) is 0 Å². The minimum Gasteiger partial charge on any atom is -0.410 e. The molecule has 0 aromatic rings. The summed E-state index contributed by atoms with van der Waals surface area (Å²) < 4.78 is 12.0. The molecule has 0 bridgehead atoms. The molecule has 0 heterocycles. The molecule has 0 fully saturated rings. The van der Waals surface area contributed by atoms with Gasteiger partial charge >= 0.3 is 0 Å². The standard InChI is InChI=1S/C14H28O2Si/c1-10-9-12(11(2)13(10)15-6)16-17(7,8)14(3,4)5/h9,11-13H,1-8H3/t11-,12+,13+/m0/s1. The highest BCUT2D eigenvalue weighted by Crippen LogP contribution is 2.40. The first-order valence-electron chi connectivity index (χ1n) is 6.49. The molecule has 1 rings (SSSR count). The van der Waals surface area contributed by atoms with Crippen LogP contribution in [0.1, 0.15) is 34.6 Å². The maximum atomic E-state index is 6.46. The highest BCUT2D eigenvalue weighted by atomic mass is 28.4. The van der Waals surface area contributed by atoms with E-state index < -0.39 is 8.32 Å². The van der Waals surface area contributed by atoms with E-state index in [0.29, 0.717) is 5.92 Å². The van der Waals surface area contributed by atoms with Crippen LogP contribution in [0.25, 0.3) is 0 Å². The van der Waals surface area contributed by atoms with Gasteiger partial charge in [0.25, 0.3) is 0 Å². The van der Waals surface area contributed by atoms with E-state index in [-0.39, 0.29) is 17.2 Å². The van der Waals surface area contributed by atoms with Crippen LogP contribution >= 0.6 is 0 Å². The summed E-state index contributed by atoms with van der Waals surface area (Å²) in [5, 5.41) is 0.264. The van der Waals surface area contributed by atoms with Crippen molar-refractivity contribution in [2.45, 2.75) is 65.0 Å². The Morgan fingerprint density at radius 3 is 2.12 bits per heavy atom. The normalized spacial score (nSPS) is 30.6. The summed E-state index contributed by atoms with van der Waals surface area (Å²) in [4.78, 5) is 0.